The van der Waals surface area contributed by atoms with Crippen LogP contribution in [-0.4, -0.2) is 0 Å². The van der Waals surface area contributed by atoms with Crippen LogP contribution >= 0.6 is 0 Å². The lowest BCUT2D eigenvalue weighted by Gasteiger charge is -2.09. The first kappa shape index (κ1) is 11.9. The third-order valence-corrected chi connectivity index (χ3v) is 2.33. The van der Waals surface area contributed by atoms with E-state index in [2.05, 4.69) is 5.32 Å². The molecule has 5 heteroatoms. The summed E-state index contributed by atoms with van der Waals surface area (Å²) in [6, 6.07) is 10.3. The van der Waals surface area contributed by atoms with E-state index in [4.69, 9.17) is 11.0 Å². The number of nitrogens with one attached hydrogen (secondary N) is 1. The van der Waals surface area contributed by atoms with Crippen molar-refractivity contribution in [2.24, 2.45) is 0 Å². The summed E-state index contributed by atoms with van der Waals surface area (Å²) in [4.78, 5) is 0. The van der Waals surface area contributed by atoms with Crippen LogP contribution in [0.25, 0.3) is 0 Å². The SMILES string of the molecule is N#Cc1cccc(Nc2c(F)cc(N)cc2F)c1. The fraction of sp³-hybridized carbons (Fsp3) is 0. The predicted molar refractivity (Wildman–Crippen MR) is 65.2 cm³/mol. The molecule has 2 rings (SSSR count). The van der Waals surface area contributed by atoms with Gasteiger partial charge in [-0.1, -0.05) is 6.07 Å². The molecule has 3 nitrogen and oxygen atoms in total. The number of nitrogens with zero attached hydrogens (tertiary/aromatic N) is 1. The second-order valence-corrected chi connectivity index (χ2v) is 3.68. The maximum absolute atomic E-state index is 13.5. The number of anilines is 3. The smallest absolute Gasteiger partial charge is 0.151 e. The number of benzene rings is 2. The molecule has 2 aromatic carbocycles. The van der Waals surface area contributed by atoms with Gasteiger partial charge < -0.3 is 11.1 Å². The average Bonchev–Trinajstić information content (AvgIpc) is 2.34. The van der Waals surface area contributed by atoms with E-state index in [1.165, 1.54) is 6.07 Å². The van der Waals surface area contributed by atoms with Crippen molar-refractivity contribution in [1.29, 1.82) is 5.26 Å². The third kappa shape index (κ3) is 2.38. The van der Waals surface area contributed by atoms with Crippen molar-refractivity contribution >= 4 is 17.1 Å². The van der Waals surface area contributed by atoms with Crippen LogP contribution in [-0.2, 0) is 0 Å². The molecule has 0 heterocycles. The summed E-state index contributed by atoms with van der Waals surface area (Å²) in [6.07, 6.45) is 0. The van der Waals surface area contributed by atoms with Gasteiger partial charge in [-0.25, -0.2) is 8.78 Å². The second-order valence-electron chi connectivity index (χ2n) is 3.68. The normalized spacial score (nSPS) is 9.83. The van der Waals surface area contributed by atoms with Crippen molar-refractivity contribution in [1.82, 2.24) is 0 Å². The summed E-state index contributed by atoms with van der Waals surface area (Å²) in [7, 11) is 0. The van der Waals surface area contributed by atoms with Gasteiger partial charge in [0.1, 0.15) is 5.69 Å². The molecule has 90 valence electrons. The average molecular weight is 245 g/mol. The van der Waals surface area contributed by atoms with Gasteiger partial charge in [0.15, 0.2) is 11.6 Å². The van der Waals surface area contributed by atoms with Crippen LogP contribution in [0.4, 0.5) is 25.8 Å². The van der Waals surface area contributed by atoms with Crippen LogP contribution in [0.5, 0.6) is 0 Å². The van der Waals surface area contributed by atoms with Crippen molar-refractivity contribution in [2.45, 2.75) is 0 Å². The number of nitrogen functional groups attached to an aromatic ring is 1. The lowest BCUT2D eigenvalue weighted by Crippen LogP contribution is -1.99. The lowest BCUT2D eigenvalue weighted by atomic mass is 10.2. The van der Waals surface area contributed by atoms with Crippen LogP contribution in [0.2, 0.25) is 0 Å². The van der Waals surface area contributed by atoms with E-state index in [9.17, 15) is 8.78 Å². The predicted octanol–water partition coefficient (Wildman–Crippen LogP) is 3.16. The summed E-state index contributed by atoms with van der Waals surface area (Å²) >= 11 is 0. The zero-order valence-corrected chi connectivity index (χ0v) is 9.24. The lowest BCUT2D eigenvalue weighted by molar-refractivity contribution is 0.592. The van der Waals surface area contributed by atoms with E-state index in [-0.39, 0.29) is 11.4 Å². The van der Waals surface area contributed by atoms with Gasteiger partial charge in [0.2, 0.25) is 0 Å². The molecule has 0 saturated carbocycles. The fourth-order valence-corrected chi connectivity index (χ4v) is 1.52. The van der Waals surface area contributed by atoms with Crippen molar-refractivity contribution < 1.29 is 8.78 Å². The fourth-order valence-electron chi connectivity index (χ4n) is 1.52. The molecule has 18 heavy (non-hydrogen) atoms. The minimum Gasteiger partial charge on any atom is -0.399 e. The van der Waals surface area contributed by atoms with E-state index >= 15 is 0 Å². The molecule has 0 aliphatic rings. The Morgan fingerprint density at radius 3 is 2.39 bits per heavy atom. The number of rotatable bonds is 2. The maximum Gasteiger partial charge on any atom is 0.151 e. The molecule has 0 aliphatic carbocycles. The Kier molecular flexibility index (Phi) is 3.11. The molecule has 0 spiro atoms. The summed E-state index contributed by atoms with van der Waals surface area (Å²) in [5, 5.41) is 11.3. The van der Waals surface area contributed by atoms with Crippen LogP contribution in [0.15, 0.2) is 36.4 Å². The van der Waals surface area contributed by atoms with Gasteiger partial charge in [-0.2, -0.15) is 5.26 Å². The summed E-state index contributed by atoms with van der Waals surface area (Å²) in [5.41, 5.74) is 5.87. The maximum atomic E-state index is 13.5. The van der Waals surface area contributed by atoms with Gasteiger partial charge in [-0.15, -0.1) is 0 Å². The zero-order valence-electron chi connectivity index (χ0n) is 9.24. The molecule has 0 aliphatic heterocycles. The van der Waals surface area contributed by atoms with Crippen molar-refractivity contribution in [3.8, 4) is 6.07 Å². The number of nitrogens with two attached hydrogens (primary N) is 1. The van der Waals surface area contributed by atoms with Crippen LogP contribution < -0.4 is 11.1 Å². The van der Waals surface area contributed by atoms with E-state index in [0.717, 1.165) is 12.1 Å². The molecule has 3 N–H and O–H groups in total. The highest BCUT2D eigenvalue weighted by molar-refractivity contribution is 5.64. The monoisotopic (exact) mass is 245 g/mol. The largest absolute Gasteiger partial charge is 0.399 e. The topological polar surface area (TPSA) is 61.8 Å². The standard InChI is InChI=1S/C13H9F2N3/c14-11-5-9(17)6-12(15)13(11)18-10-3-1-2-8(4-10)7-16/h1-6,18H,17H2. The van der Waals surface area contributed by atoms with Crippen LogP contribution in [0.3, 0.4) is 0 Å². The number of nitriles is 1. The first-order valence-corrected chi connectivity index (χ1v) is 5.12. The van der Waals surface area contributed by atoms with E-state index < -0.39 is 11.6 Å². The number of halogens is 2. The molecule has 0 fully saturated rings. The van der Waals surface area contributed by atoms with Crippen molar-refractivity contribution in [3.05, 3.63) is 53.6 Å². The molecule has 0 aromatic heterocycles. The van der Waals surface area contributed by atoms with Crippen LogP contribution in [0, 0.1) is 23.0 Å². The Morgan fingerprint density at radius 1 is 1.11 bits per heavy atom. The second kappa shape index (κ2) is 4.72. The molecule has 0 atom stereocenters. The van der Waals surface area contributed by atoms with Crippen molar-refractivity contribution in [2.75, 3.05) is 11.1 Å². The highest BCUT2D eigenvalue weighted by atomic mass is 19.1. The highest BCUT2D eigenvalue weighted by Crippen LogP contribution is 2.25. The first-order chi connectivity index (χ1) is 8.60. The van der Waals surface area contributed by atoms with Gasteiger partial charge >= 0.3 is 0 Å². The van der Waals surface area contributed by atoms with Crippen molar-refractivity contribution in [3.63, 3.8) is 0 Å². The molecule has 0 saturated heterocycles. The zero-order chi connectivity index (χ0) is 13.1. The highest BCUT2D eigenvalue weighted by Gasteiger charge is 2.10. The van der Waals surface area contributed by atoms with Gasteiger partial charge in [0.25, 0.3) is 0 Å². The molecule has 0 radical (unpaired) electrons. The molecular formula is C13H9F2N3. The summed E-state index contributed by atoms with van der Waals surface area (Å²) in [5.74, 6) is -1.57. The van der Waals surface area contributed by atoms with Gasteiger partial charge in [0, 0.05) is 11.4 Å². The summed E-state index contributed by atoms with van der Waals surface area (Å²) < 4.78 is 27.1. The Morgan fingerprint density at radius 2 is 1.78 bits per heavy atom. The number of hydrogen-bond acceptors (Lipinski definition) is 3. The minimum atomic E-state index is -0.783. The number of hydrogen-bond donors (Lipinski definition) is 2. The third-order valence-electron chi connectivity index (χ3n) is 2.33. The quantitative estimate of drug-likeness (QED) is 0.799. The Balaban J connectivity index is 2.37. The molecule has 0 unspecified atom stereocenters. The van der Waals surface area contributed by atoms with E-state index in [1.807, 2.05) is 6.07 Å². The van der Waals surface area contributed by atoms with Crippen LogP contribution in [0.1, 0.15) is 5.56 Å². The van der Waals surface area contributed by atoms with Gasteiger partial charge in [-0.3, -0.25) is 0 Å². The van der Waals surface area contributed by atoms with Gasteiger partial charge in [-0.05, 0) is 30.3 Å². The summed E-state index contributed by atoms with van der Waals surface area (Å²) in [6.45, 7) is 0. The molecular weight excluding hydrogens is 236 g/mol. The van der Waals surface area contributed by atoms with Gasteiger partial charge in [0.05, 0.1) is 11.6 Å². The Bertz CT molecular complexity index is 609. The van der Waals surface area contributed by atoms with E-state index in [1.54, 1.807) is 18.2 Å². The minimum absolute atomic E-state index is 0.0151. The molecule has 2 aromatic rings. The van der Waals surface area contributed by atoms with E-state index in [0.29, 0.717) is 11.3 Å². The molecule has 0 bridgehead atoms. The molecule has 0 amide bonds. The Hall–Kier alpha value is -2.61. The Labute approximate surface area is 102 Å². The first-order valence-electron chi connectivity index (χ1n) is 5.12.